The van der Waals surface area contributed by atoms with E-state index in [0.717, 1.165) is 30.3 Å². The summed E-state index contributed by atoms with van der Waals surface area (Å²) in [6.07, 6.45) is -7.34. The van der Waals surface area contributed by atoms with Gasteiger partial charge in [0.1, 0.15) is 17.4 Å². The van der Waals surface area contributed by atoms with Gasteiger partial charge in [0.05, 0.1) is 24.2 Å². The molecule has 3 aromatic rings. The molecule has 3 rings (SSSR count). The molecule has 34 heavy (non-hydrogen) atoms. The van der Waals surface area contributed by atoms with E-state index in [1.54, 1.807) is 5.32 Å². The fourth-order valence-electron chi connectivity index (χ4n) is 2.75. The third-order valence-corrected chi connectivity index (χ3v) is 4.31. The molecule has 0 fully saturated rings. The molecule has 0 saturated heterocycles. The number of hydrogen-bond acceptors (Lipinski definition) is 6. The average Bonchev–Trinajstić information content (AvgIpc) is 2.76. The summed E-state index contributed by atoms with van der Waals surface area (Å²) in [5.41, 5.74) is -1.79. The molecule has 1 aromatic carbocycles. The van der Waals surface area contributed by atoms with Crippen molar-refractivity contribution in [2.45, 2.75) is 18.6 Å². The Kier molecular flexibility index (Phi) is 6.91. The second kappa shape index (κ2) is 9.51. The number of aliphatic hydroxyl groups excluding tert-OH is 1. The van der Waals surface area contributed by atoms with Gasteiger partial charge in [0.2, 0.25) is 0 Å². The van der Waals surface area contributed by atoms with Crippen molar-refractivity contribution < 1.29 is 41.0 Å². The number of nitrogens with one attached hydrogen (secondary N) is 1. The van der Waals surface area contributed by atoms with E-state index >= 15 is 0 Å². The van der Waals surface area contributed by atoms with Gasteiger partial charge >= 0.3 is 12.5 Å². The molecule has 0 spiro atoms. The number of carbonyl (C=O) groups is 1. The van der Waals surface area contributed by atoms with Crippen LogP contribution in [-0.4, -0.2) is 51.0 Å². The number of amides is 1. The summed E-state index contributed by atoms with van der Waals surface area (Å²) in [6.45, 7) is -1.47. The molecule has 0 radical (unpaired) electrons. The van der Waals surface area contributed by atoms with Gasteiger partial charge < -0.3 is 15.2 Å². The maximum Gasteiger partial charge on any atom is 0.573 e. The lowest BCUT2D eigenvalue weighted by molar-refractivity contribution is -0.274. The first kappa shape index (κ1) is 24.7. The van der Waals surface area contributed by atoms with E-state index in [0.29, 0.717) is 4.68 Å². The van der Waals surface area contributed by atoms with Crippen molar-refractivity contribution in [2.24, 2.45) is 0 Å². The molecule has 180 valence electrons. The van der Waals surface area contributed by atoms with Crippen molar-refractivity contribution in [3.05, 3.63) is 70.8 Å². The lowest BCUT2D eigenvalue weighted by Crippen LogP contribution is -2.49. The fraction of sp³-hybridized carbons (Fsp3) is 0.200. The lowest BCUT2D eigenvalue weighted by atomic mass is 10.1. The van der Waals surface area contributed by atoms with E-state index < -0.39 is 48.0 Å². The summed E-state index contributed by atoms with van der Waals surface area (Å²) in [4.78, 5) is 29.2. The van der Waals surface area contributed by atoms with E-state index in [1.807, 2.05) is 0 Å². The molecular weight excluding hydrogens is 474 g/mol. The van der Waals surface area contributed by atoms with Crippen molar-refractivity contribution in [1.82, 2.24) is 20.1 Å². The average molecular weight is 488 g/mol. The Bertz CT molecular complexity index is 1210. The minimum atomic E-state index is -4.99. The first-order chi connectivity index (χ1) is 15.9. The van der Waals surface area contributed by atoms with Crippen LogP contribution in [0.2, 0.25) is 0 Å². The molecule has 1 atom stereocenters. The Balaban J connectivity index is 2.09. The van der Waals surface area contributed by atoms with Crippen molar-refractivity contribution in [3.8, 4) is 22.7 Å². The maximum absolute atomic E-state index is 13.0. The molecular formula is C20H14F6N4O4. The maximum atomic E-state index is 13.0. The van der Waals surface area contributed by atoms with Gasteiger partial charge in [0.25, 0.3) is 11.5 Å². The number of ether oxygens (including phenoxy) is 1. The molecule has 8 nitrogen and oxygen atoms in total. The summed E-state index contributed by atoms with van der Waals surface area (Å²) in [5.74, 6) is -1.99. The molecule has 2 aromatic heterocycles. The molecule has 0 saturated carbocycles. The number of rotatable bonds is 6. The largest absolute Gasteiger partial charge is 0.573 e. The first-order valence-corrected chi connectivity index (χ1v) is 9.28. The highest BCUT2D eigenvalue weighted by Gasteiger charge is 2.40. The molecule has 0 aliphatic heterocycles. The smallest absolute Gasteiger partial charge is 0.406 e. The van der Waals surface area contributed by atoms with Crippen LogP contribution in [0, 0.1) is 0 Å². The molecule has 1 unspecified atom stereocenters. The summed E-state index contributed by atoms with van der Waals surface area (Å²) in [7, 11) is 0. The van der Waals surface area contributed by atoms with Gasteiger partial charge in [-0.15, -0.1) is 13.2 Å². The predicted octanol–water partition coefficient (Wildman–Crippen LogP) is 2.85. The van der Waals surface area contributed by atoms with E-state index in [4.69, 9.17) is 5.11 Å². The minimum Gasteiger partial charge on any atom is -0.406 e. The molecule has 0 aliphatic rings. The summed E-state index contributed by atoms with van der Waals surface area (Å²) in [5, 5.41) is 14.6. The van der Waals surface area contributed by atoms with Crippen molar-refractivity contribution in [1.29, 1.82) is 0 Å². The molecule has 1 amide bonds. The second-order valence-electron chi connectivity index (χ2n) is 6.69. The highest BCUT2D eigenvalue weighted by Crippen LogP contribution is 2.26. The van der Waals surface area contributed by atoms with Crippen LogP contribution in [0.15, 0.2) is 59.7 Å². The van der Waals surface area contributed by atoms with Crippen molar-refractivity contribution in [3.63, 3.8) is 0 Å². The number of halogens is 6. The zero-order valence-corrected chi connectivity index (χ0v) is 16.8. The first-order valence-electron chi connectivity index (χ1n) is 9.28. The number of pyridine rings is 1. The number of aromatic nitrogens is 3. The normalized spacial score (nSPS) is 12.8. The van der Waals surface area contributed by atoms with Crippen molar-refractivity contribution >= 4 is 5.91 Å². The quantitative estimate of drug-likeness (QED) is 0.517. The van der Waals surface area contributed by atoms with E-state index in [9.17, 15) is 35.9 Å². The van der Waals surface area contributed by atoms with E-state index in [2.05, 4.69) is 14.8 Å². The van der Waals surface area contributed by atoms with Crippen LogP contribution < -0.4 is 15.6 Å². The Hall–Kier alpha value is -3.94. The number of aliphatic hydroxyl groups is 1. The molecule has 2 N–H and O–H groups in total. The van der Waals surface area contributed by atoms with Gasteiger partial charge in [-0.05, 0) is 42.5 Å². The zero-order valence-electron chi connectivity index (χ0n) is 16.8. The van der Waals surface area contributed by atoms with Gasteiger partial charge in [-0.2, -0.15) is 23.0 Å². The zero-order chi connectivity index (χ0) is 25.1. The van der Waals surface area contributed by atoms with Crippen LogP contribution >= 0.6 is 0 Å². The lowest BCUT2D eigenvalue weighted by Gasteiger charge is -2.19. The van der Waals surface area contributed by atoms with Crippen LogP contribution in [0.3, 0.4) is 0 Å². The second-order valence-corrected chi connectivity index (χ2v) is 6.69. The van der Waals surface area contributed by atoms with E-state index in [-0.39, 0.29) is 16.9 Å². The molecule has 2 heterocycles. The number of carbonyl (C=O) groups excluding carboxylic acids is 1. The van der Waals surface area contributed by atoms with Crippen LogP contribution in [0.4, 0.5) is 26.3 Å². The molecule has 14 heteroatoms. The standard InChI is InChI=1S/C20H14F6N4O4/c21-19(22,23)16(10-31)28-17(32)14-8-15(11-3-5-13(6-4-11)34-20(24,25)26)29-30(18(14)33)12-2-1-7-27-9-12/h1-9,16,31H,10H2,(H,28,32). The van der Waals surface area contributed by atoms with Crippen LogP contribution in [0.5, 0.6) is 5.75 Å². The van der Waals surface area contributed by atoms with Gasteiger partial charge in [-0.1, -0.05) is 0 Å². The number of benzene rings is 1. The Labute approximate surface area is 186 Å². The fourth-order valence-corrected chi connectivity index (χ4v) is 2.75. The number of alkyl halides is 6. The van der Waals surface area contributed by atoms with Gasteiger partial charge in [0, 0.05) is 11.8 Å². The SMILES string of the molecule is O=C(NC(CO)C(F)(F)F)c1cc(-c2ccc(OC(F)(F)F)cc2)nn(-c2cccnc2)c1=O. The topological polar surface area (TPSA) is 106 Å². The van der Waals surface area contributed by atoms with Gasteiger partial charge in [-0.3, -0.25) is 14.6 Å². The Morgan fingerprint density at radius 2 is 1.79 bits per heavy atom. The highest BCUT2D eigenvalue weighted by atomic mass is 19.4. The Morgan fingerprint density at radius 1 is 1.12 bits per heavy atom. The van der Waals surface area contributed by atoms with Crippen molar-refractivity contribution in [2.75, 3.05) is 6.61 Å². The highest BCUT2D eigenvalue weighted by molar-refractivity contribution is 5.95. The monoisotopic (exact) mass is 488 g/mol. The number of hydrogen-bond donors (Lipinski definition) is 2. The Morgan fingerprint density at radius 3 is 2.32 bits per heavy atom. The number of nitrogens with zero attached hydrogens (tertiary/aromatic N) is 3. The molecule has 0 bridgehead atoms. The third-order valence-electron chi connectivity index (χ3n) is 4.31. The van der Waals surface area contributed by atoms with Gasteiger partial charge in [0.15, 0.2) is 0 Å². The van der Waals surface area contributed by atoms with Crippen LogP contribution in [0.1, 0.15) is 10.4 Å². The van der Waals surface area contributed by atoms with Gasteiger partial charge in [-0.25, -0.2) is 0 Å². The van der Waals surface area contributed by atoms with Crippen LogP contribution in [-0.2, 0) is 0 Å². The summed E-state index contributed by atoms with van der Waals surface area (Å²) < 4.78 is 80.6. The van der Waals surface area contributed by atoms with Crippen LogP contribution in [0.25, 0.3) is 16.9 Å². The molecule has 0 aliphatic carbocycles. The minimum absolute atomic E-state index is 0.0648. The van der Waals surface area contributed by atoms with E-state index in [1.165, 1.54) is 24.5 Å². The third kappa shape index (κ3) is 5.89. The predicted molar refractivity (Wildman–Crippen MR) is 104 cm³/mol. The summed E-state index contributed by atoms with van der Waals surface area (Å²) in [6, 6.07) is 5.27. The summed E-state index contributed by atoms with van der Waals surface area (Å²) >= 11 is 0.